The molecule has 0 spiro atoms. The lowest BCUT2D eigenvalue weighted by Gasteiger charge is -2.13. The summed E-state index contributed by atoms with van der Waals surface area (Å²) in [6, 6.07) is 3.75. The molecule has 0 amide bonds. The van der Waals surface area contributed by atoms with E-state index in [9.17, 15) is 13.2 Å². The molecular formula is C9H5F3. The van der Waals surface area contributed by atoms with E-state index in [1.165, 1.54) is 6.07 Å². The highest BCUT2D eigenvalue weighted by Gasteiger charge is 2.31. The van der Waals surface area contributed by atoms with Crippen molar-refractivity contribution in [1.82, 2.24) is 0 Å². The van der Waals surface area contributed by atoms with Crippen LogP contribution in [0.15, 0.2) is 18.2 Å². The first-order chi connectivity index (χ1) is 5.57. The van der Waals surface area contributed by atoms with Gasteiger partial charge in [-0.05, 0) is 23.3 Å². The molecule has 62 valence electrons. The zero-order chi connectivity index (χ0) is 8.77. The van der Waals surface area contributed by atoms with Crippen molar-refractivity contribution in [3.8, 4) is 0 Å². The van der Waals surface area contributed by atoms with E-state index in [1.54, 1.807) is 12.2 Å². The number of hydrogen-bond acceptors (Lipinski definition) is 0. The Labute approximate surface area is 67.3 Å². The first-order valence-corrected chi connectivity index (χ1v) is 3.47. The Kier molecular flexibility index (Phi) is 1.31. The van der Waals surface area contributed by atoms with Crippen molar-refractivity contribution in [3.63, 3.8) is 0 Å². The van der Waals surface area contributed by atoms with E-state index in [2.05, 4.69) is 0 Å². The predicted octanol–water partition coefficient (Wildman–Crippen LogP) is 3.19. The Bertz CT molecular complexity index is 347. The first kappa shape index (κ1) is 7.40. The van der Waals surface area contributed by atoms with Crippen LogP contribution < -0.4 is 0 Å². The van der Waals surface area contributed by atoms with Gasteiger partial charge >= 0.3 is 6.18 Å². The summed E-state index contributed by atoms with van der Waals surface area (Å²) in [5.41, 5.74) is 0.971. The van der Waals surface area contributed by atoms with E-state index in [4.69, 9.17) is 0 Å². The molecule has 1 aromatic carbocycles. The molecule has 1 aliphatic rings. The number of alkyl halides is 3. The fraction of sp³-hybridized carbons (Fsp3) is 0.111. The highest BCUT2D eigenvalue weighted by atomic mass is 19.4. The molecule has 0 radical (unpaired) electrons. The van der Waals surface area contributed by atoms with E-state index in [0.717, 1.165) is 17.7 Å². The van der Waals surface area contributed by atoms with Crippen LogP contribution in [0, 0.1) is 0 Å². The molecule has 0 bridgehead atoms. The van der Waals surface area contributed by atoms with Crippen LogP contribution in [0.3, 0.4) is 0 Å². The van der Waals surface area contributed by atoms with Crippen LogP contribution in [0.25, 0.3) is 12.2 Å². The smallest absolute Gasteiger partial charge is 0.166 e. The van der Waals surface area contributed by atoms with Gasteiger partial charge < -0.3 is 0 Å². The van der Waals surface area contributed by atoms with Crippen LogP contribution >= 0.6 is 0 Å². The van der Waals surface area contributed by atoms with Gasteiger partial charge in [0.15, 0.2) is 0 Å². The Morgan fingerprint density at radius 2 is 1.58 bits per heavy atom. The van der Waals surface area contributed by atoms with Gasteiger partial charge in [-0.15, -0.1) is 0 Å². The van der Waals surface area contributed by atoms with Crippen LogP contribution in [-0.4, -0.2) is 0 Å². The fourth-order valence-electron chi connectivity index (χ4n) is 1.13. The summed E-state index contributed by atoms with van der Waals surface area (Å²) in [6.45, 7) is 0. The van der Waals surface area contributed by atoms with E-state index in [0.29, 0.717) is 5.56 Å². The maximum atomic E-state index is 12.1. The molecule has 0 saturated carbocycles. The van der Waals surface area contributed by atoms with Gasteiger partial charge in [-0.25, -0.2) is 0 Å². The molecule has 0 atom stereocenters. The normalized spacial score (nSPS) is 13.9. The summed E-state index contributed by atoms with van der Waals surface area (Å²) < 4.78 is 36.3. The van der Waals surface area contributed by atoms with Crippen molar-refractivity contribution in [2.24, 2.45) is 0 Å². The van der Waals surface area contributed by atoms with E-state index >= 15 is 0 Å². The first-order valence-electron chi connectivity index (χ1n) is 3.47. The summed E-state index contributed by atoms with van der Waals surface area (Å²) in [4.78, 5) is 0. The molecule has 2 rings (SSSR count). The predicted molar refractivity (Wildman–Crippen MR) is 40.4 cm³/mol. The van der Waals surface area contributed by atoms with Gasteiger partial charge in [-0.1, -0.05) is 18.2 Å². The van der Waals surface area contributed by atoms with Gasteiger partial charge in [0.25, 0.3) is 0 Å². The van der Waals surface area contributed by atoms with Crippen molar-refractivity contribution in [2.75, 3.05) is 0 Å². The van der Waals surface area contributed by atoms with Crippen molar-refractivity contribution in [1.29, 1.82) is 0 Å². The molecule has 1 aliphatic carbocycles. The molecular weight excluding hydrogens is 165 g/mol. The van der Waals surface area contributed by atoms with Crippen LogP contribution in [0.5, 0.6) is 0 Å². The average molecular weight is 170 g/mol. The monoisotopic (exact) mass is 170 g/mol. The molecule has 0 heterocycles. The van der Waals surface area contributed by atoms with Crippen LogP contribution in [0.1, 0.15) is 16.7 Å². The molecule has 0 unspecified atom stereocenters. The number of hydrogen-bond donors (Lipinski definition) is 0. The molecule has 0 fully saturated rings. The third-order valence-corrected chi connectivity index (χ3v) is 1.86. The minimum Gasteiger partial charge on any atom is -0.166 e. The number of halogens is 3. The third kappa shape index (κ3) is 1.02. The van der Waals surface area contributed by atoms with Gasteiger partial charge in [0.05, 0.1) is 5.56 Å². The van der Waals surface area contributed by atoms with E-state index in [-0.39, 0.29) is 0 Å². The largest absolute Gasteiger partial charge is 0.416 e. The van der Waals surface area contributed by atoms with Crippen molar-refractivity contribution in [3.05, 3.63) is 34.9 Å². The molecule has 12 heavy (non-hydrogen) atoms. The van der Waals surface area contributed by atoms with Gasteiger partial charge in [0.1, 0.15) is 0 Å². The number of benzene rings is 1. The summed E-state index contributed by atoms with van der Waals surface area (Å²) in [6.07, 6.45) is -0.765. The lowest BCUT2D eigenvalue weighted by molar-refractivity contribution is -0.137. The van der Waals surface area contributed by atoms with Gasteiger partial charge in [-0.3, -0.25) is 0 Å². The zero-order valence-corrected chi connectivity index (χ0v) is 6.02. The quantitative estimate of drug-likeness (QED) is 0.569. The highest BCUT2D eigenvalue weighted by molar-refractivity contribution is 5.85. The zero-order valence-electron chi connectivity index (χ0n) is 6.02. The maximum absolute atomic E-state index is 12.1. The Morgan fingerprint density at radius 3 is 2.00 bits per heavy atom. The summed E-state index contributed by atoms with van der Waals surface area (Å²) in [5, 5.41) is 0. The SMILES string of the molecule is FC(F)(F)c1ccc2c(c1)C=C2. The molecule has 1 aromatic rings. The number of rotatable bonds is 0. The molecule has 0 N–H and O–H groups in total. The molecule has 3 heteroatoms. The summed E-state index contributed by atoms with van der Waals surface area (Å²) >= 11 is 0. The molecule has 0 nitrogen and oxygen atoms in total. The molecule has 0 aliphatic heterocycles. The minimum atomic E-state index is -4.22. The average Bonchev–Trinajstić information content (AvgIpc) is 1.89. The Morgan fingerprint density at radius 1 is 0.917 bits per heavy atom. The van der Waals surface area contributed by atoms with Gasteiger partial charge in [-0.2, -0.15) is 13.2 Å². The second-order valence-electron chi connectivity index (χ2n) is 2.67. The van der Waals surface area contributed by atoms with Crippen LogP contribution in [0.4, 0.5) is 13.2 Å². The Balaban J connectivity index is 2.45. The highest BCUT2D eigenvalue weighted by Crippen LogP contribution is 2.33. The van der Waals surface area contributed by atoms with Crippen LogP contribution in [0.2, 0.25) is 0 Å². The lowest BCUT2D eigenvalue weighted by atomic mass is 9.95. The number of fused-ring (bicyclic) bond motifs is 1. The van der Waals surface area contributed by atoms with E-state index in [1.807, 2.05) is 0 Å². The Hall–Kier alpha value is -1.25. The second kappa shape index (κ2) is 2.12. The van der Waals surface area contributed by atoms with Crippen molar-refractivity contribution < 1.29 is 13.2 Å². The van der Waals surface area contributed by atoms with Crippen LogP contribution in [-0.2, 0) is 6.18 Å². The maximum Gasteiger partial charge on any atom is 0.416 e. The molecule has 0 aromatic heterocycles. The summed E-state index contributed by atoms with van der Waals surface area (Å²) in [7, 11) is 0. The fourth-order valence-corrected chi connectivity index (χ4v) is 1.13. The third-order valence-electron chi connectivity index (χ3n) is 1.86. The van der Waals surface area contributed by atoms with Crippen molar-refractivity contribution >= 4 is 12.2 Å². The topological polar surface area (TPSA) is 0 Å². The molecule has 0 saturated heterocycles. The standard InChI is InChI=1S/C9H5F3/c10-9(11,12)8-4-3-6-1-2-7(6)5-8/h1-5H. The second-order valence-corrected chi connectivity index (χ2v) is 2.67. The van der Waals surface area contributed by atoms with Gasteiger partial charge in [0.2, 0.25) is 0 Å². The van der Waals surface area contributed by atoms with Gasteiger partial charge in [0, 0.05) is 0 Å². The lowest BCUT2D eigenvalue weighted by Crippen LogP contribution is -2.06. The van der Waals surface area contributed by atoms with Crippen molar-refractivity contribution in [2.45, 2.75) is 6.18 Å². The minimum absolute atomic E-state index is 0.578. The van der Waals surface area contributed by atoms with E-state index < -0.39 is 11.7 Å². The summed E-state index contributed by atoms with van der Waals surface area (Å²) in [5.74, 6) is 0.